The van der Waals surface area contributed by atoms with E-state index in [1.54, 1.807) is 24.3 Å². The van der Waals surface area contributed by atoms with Gasteiger partial charge in [-0.2, -0.15) is 8.78 Å². The first kappa shape index (κ1) is 9.40. The van der Waals surface area contributed by atoms with Crippen molar-refractivity contribution in [3.63, 3.8) is 0 Å². The molecule has 76 valence electrons. The van der Waals surface area contributed by atoms with Gasteiger partial charge < -0.3 is 10.5 Å². The predicted octanol–water partition coefficient (Wildman–Crippen LogP) is 2.10. The molecule has 2 unspecified atom stereocenters. The third-order valence-electron chi connectivity index (χ3n) is 2.37. The standard InChI is InChI=1S/C10H11F2NO/c11-10(12)14-9-4-2-1-3-6(9)7-5-8(7)13/h1-4,7-8,10H,5,13H2. The predicted molar refractivity (Wildman–Crippen MR) is 48.4 cm³/mol. The summed E-state index contributed by atoms with van der Waals surface area (Å²) in [6.07, 6.45) is 0.851. The van der Waals surface area contributed by atoms with Crippen molar-refractivity contribution in [1.29, 1.82) is 0 Å². The number of halogens is 2. The SMILES string of the molecule is NC1CC1c1ccccc1OC(F)F. The minimum Gasteiger partial charge on any atom is -0.435 e. The van der Waals surface area contributed by atoms with Crippen LogP contribution in [0.5, 0.6) is 5.75 Å². The molecule has 0 radical (unpaired) electrons. The van der Waals surface area contributed by atoms with E-state index in [0.29, 0.717) is 0 Å². The molecule has 1 aliphatic carbocycles. The first-order valence-electron chi connectivity index (χ1n) is 4.48. The van der Waals surface area contributed by atoms with Crippen molar-refractivity contribution in [2.45, 2.75) is 25.0 Å². The minimum atomic E-state index is -2.77. The fourth-order valence-corrected chi connectivity index (χ4v) is 1.56. The number of nitrogens with two attached hydrogens (primary N) is 1. The van der Waals surface area contributed by atoms with Gasteiger partial charge >= 0.3 is 6.61 Å². The van der Waals surface area contributed by atoms with Crippen LogP contribution in [0, 0.1) is 0 Å². The van der Waals surface area contributed by atoms with E-state index in [9.17, 15) is 8.78 Å². The number of para-hydroxylation sites is 1. The lowest BCUT2D eigenvalue weighted by Gasteiger charge is -2.09. The Balaban J connectivity index is 2.20. The lowest BCUT2D eigenvalue weighted by Crippen LogP contribution is -2.06. The molecular weight excluding hydrogens is 188 g/mol. The highest BCUT2D eigenvalue weighted by molar-refractivity contribution is 5.40. The lowest BCUT2D eigenvalue weighted by atomic mass is 10.1. The second-order valence-electron chi connectivity index (χ2n) is 3.42. The van der Waals surface area contributed by atoms with Gasteiger partial charge in [0.15, 0.2) is 0 Å². The second kappa shape index (κ2) is 3.53. The highest BCUT2D eigenvalue weighted by atomic mass is 19.3. The molecule has 0 amide bonds. The second-order valence-corrected chi connectivity index (χ2v) is 3.42. The maximum absolute atomic E-state index is 12.0. The Labute approximate surface area is 80.7 Å². The first-order valence-corrected chi connectivity index (χ1v) is 4.48. The average Bonchev–Trinajstić information content (AvgIpc) is 2.82. The van der Waals surface area contributed by atoms with E-state index in [1.165, 1.54) is 0 Å². The summed E-state index contributed by atoms with van der Waals surface area (Å²) in [6, 6.07) is 6.91. The van der Waals surface area contributed by atoms with Gasteiger partial charge in [0.25, 0.3) is 0 Å². The van der Waals surface area contributed by atoms with Crippen LogP contribution in [-0.4, -0.2) is 12.7 Å². The summed E-state index contributed by atoms with van der Waals surface area (Å²) in [7, 11) is 0. The highest BCUT2D eigenvalue weighted by Gasteiger charge is 2.37. The van der Waals surface area contributed by atoms with Crippen LogP contribution in [0.4, 0.5) is 8.78 Å². The highest BCUT2D eigenvalue weighted by Crippen LogP contribution is 2.43. The van der Waals surface area contributed by atoms with Gasteiger partial charge in [0, 0.05) is 12.0 Å². The molecule has 2 N–H and O–H groups in total. The summed E-state index contributed by atoms with van der Waals surface area (Å²) < 4.78 is 28.5. The summed E-state index contributed by atoms with van der Waals surface area (Å²) in [5.74, 6) is 0.436. The van der Waals surface area contributed by atoms with Gasteiger partial charge in [0.2, 0.25) is 0 Å². The van der Waals surface area contributed by atoms with Gasteiger partial charge in [-0.15, -0.1) is 0 Å². The fourth-order valence-electron chi connectivity index (χ4n) is 1.56. The monoisotopic (exact) mass is 199 g/mol. The van der Waals surface area contributed by atoms with Crippen molar-refractivity contribution in [3.8, 4) is 5.75 Å². The van der Waals surface area contributed by atoms with E-state index in [0.717, 1.165) is 12.0 Å². The Bertz CT molecular complexity index is 330. The molecule has 1 aromatic rings. The minimum absolute atomic E-state index is 0.0948. The Morgan fingerprint density at radius 2 is 2.00 bits per heavy atom. The van der Waals surface area contributed by atoms with Gasteiger partial charge in [-0.05, 0) is 18.1 Å². The summed E-state index contributed by atoms with van der Waals surface area (Å²) in [5, 5.41) is 0. The van der Waals surface area contributed by atoms with Crippen molar-refractivity contribution in [3.05, 3.63) is 29.8 Å². The van der Waals surface area contributed by atoms with Crippen LogP contribution in [0.3, 0.4) is 0 Å². The zero-order valence-corrected chi connectivity index (χ0v) is 7.49. The molecule has 0 bridgehead atoms. The van der Waals surface area contributed by atoms with E-state index in [4.69, 9.17) is 5.73 Å². The van der Waals surface area contributed by atoms with E-state index >= 15 is 0 Å². The molecule has 2 rings (SSSR count). The van der Waals surface area contributed by atoms with Crippen molar-refractivity contribution in [2.75, 3.05) is 0 Å². The van der Waals surface area contributed by atoms with Crippen LogP contribution in [0.15, 0.2) is 24.3 Å². The summed E-state index contributed by atoms with van der Waals surface area (Å²) in [6.45, 7) is -2.77. The zero-order valence-electron chi connectivity index (χ0n) is 7.49. The molecule has 1 fully saturated rings. The fraction of sp³-hybridized carbons (Fsp3) is 0.400. The molecule has 1 aliphatic rings. The third kappa shape index (κ3) is 1.85. The Hall–Kier alpha value is -1.16. The molecule has 4 heteroatoms. The smallest absolute Gasteiger partial charge is 0.387 e. The molecule has 0 saturated heterocycles. The number of ether oxygens (including phenoxy) is 1. The number of hydrogen-bond donors (Lipinski definition) is 1. The van der Waals surface area contributed by atoms with Crippen LogP contribution in [-0.2, 0) is 0 Å². The molecule has 2 atom stereocenters. The molecule has 1 saturated carbocycles. The Kier molecular flexibility index (Phi) is 2.37. The van der Waals surface area contributed by atoms with Gasteiger partial charge in [-0.3, -0.25) is 0 Å². The largest absolute Gasteiger partial charge is 0.435 e. The van der Waals surface area contributed by atoms with Gasteiger partial charge in [-0.25, -0.2) is 0 Å². The van der Waals surface area contributed by atoms with Crippen molar-refractivity contribution in [1.82, 2.24) is 0 Å². The Morgan fingerprint density at radius 1 is 1.36 bits per heavy atom. The quantitative estimate of drug-likeness (QED) is 0.809. The van der Waals surface area contributed by atoms with Crippen molar-refractivity contribution in [2.24, 2.45) is 5.73 Å². The maximum Gasteiger partial charge on any atom is 0.387 e. The van der Waals surface area contributed by atoms with Crippen molar-refractivity contribution < 1.29 is 13.5 Å². The number of alkyl halides is 2. The van der Waals surface area contributed by atoms with Crippen molar-refractivity contribution >= 4 is 0 Å². The van der Waals surface area contributed by atoms with E-state index in [-0.39, 0.29) is 17.7 Å². The van der Waals surface area contributed by atoms with Crippen LogP contribution in [0.25, 0.3) is 0 Å². The van der Waals surface area contributed by atoms with Crippen LogP contribution >= 0.6 is 0 Å². The third-order valence-corrected chi connectivity index (χ3v) is 2.37. The normalized spacial score (nSPS) is 25.1. The molecule has 2 nitrogen and oxygen atoms in total. The first-order chi connectivity index (χ1) is 6.68. The maximum atomic E-state index is 12.0. The zero-order chi connectivity index (χ0) is 10.1. The topological polar surface area (TPSA) is 35.2 Å². The van der Waals surface area contributed by atoms with E-state index < -0.39 is 6.61 Å². The molecule has 0 aliphatic heterocycles. The van der Waals surface area contributed by atoms with Gasteiger partial charge in [-0.1, -0.05) is 18.2 Å². The van der Waals surface area contributed by atoms with Crippen LogP contribution in [0.2, 0.25) is 0 Å². The number of hydrogen-bond acceptors (Lipinski definition) is 2. The summed E-state index contributed by atoms with van der Waals surface area (Å²) >= 11 is 0. The molecular formula is C10H11F2NO. The van der Waals surface area contributed by atoms with Gasteiger partial charge in [0.05, 0.1) is 0 Å². The molecule has 0 heterocycles. The average molecular weight is 199 g/mol. The number of rotatable bonds is 3. The molecule has 0 aromatic heterocycles. The lowest BCUT2D eigenvalue weighted by molar-refractivity contribution is -0.0504. The number of benzene rings is 1. The van der Waals surface area contributed by atoms with E-state index in [1.807, 2.05) is 0 Å². The van der Waals surface area contributed by atoms with Gasteiger partial charge in [0.1, 0.15) is 5.75 Å². The summed E-state index contributed by atoms with van der Waals surface area (Å²) in [4.78, 5) is 0. The van der Waals surface area contributed by atoms with Crippen LogP contribution < -0.4 is 10.5 Å². The van der Waals surface area contributed by atoms with E-state index in [2.05, 4.69) is 4.74 Å². The summed E-state index contributed by atoms with van der Waals surface area (Å²) in [5.41, 5.74) is 6.45. The Morgan fingerprint density at radius 3 is 2.57 bits per heavy atom. The molecule has 0 spiro atoms. The molecule has 14 heavy (non-hydrogen) atoms. The van der Waals surface area contributed by atoms with Crippen LogP contribution in [0.1, 0.15) is 17.9 Å². The molecule has 1 aromatic carbocycles.